The number of aliphatic carboxylic acids is 1. The Morgan fingerprint density at radius 3 is 2.47 bits per heavy atom. The van der Waals surface area contributed by atoms with Gasteiger partial charge in [-0.15, -0.1) is 0 Å². The third-order valence-electron chi connectivity index (χ3n) is 2.66. The molecule has 0 aromatic heterocycles. The first-order chi connectivity index (χ1) is 8.06. The molecule has 0 spiro atoms. The average Bonchev–Trinajstić information content (AvgIpc) is 2.19. The summed E-state index contributed by atoms with van der Waals surface area (Å²) in [7, 11) is 0. The number of nitrogens with one attached hydrogen (secondary N) is 1. The van der Waals surface area contributed by atoms with Gasteiger partial charge in [-0.1, -0.05) is 12.1 Å². The van der Waals surface area contributed by atoms with Gasteiger partial charge in [0.2, 0.25) is 5.91 Å². The normalized spacial score (nSPS) is 17.0. The van der Waals surface area contributed by atoms with Gasteiger partial charge in [0.15, 0.2) is 5.41 Å². The average molecular weight is 300 g/mol. The number of rotatable bonds is 3. The van der Waals surface area contributed by atoms with E-state index in [0.29, 0.717) is 10.2 Å². The van der Waals surface area contributed by atoms with Crippen molar-refractivity contribution in [3.8, 4) is 0 Å². The van der Waals surface area contributed by atoms with Crippen LogP contribution in [0.3, 0.4) is 0 Å². The molecule has 1 aliphatic rings. The molecular weight excluding hydrogens is 290 g/mol. The first-order valence-corrected chi connectivity index (χ1v) is 5.73. The van der Waals surface area contributed by atoms with Crippen LogP contribution in [0.25, 0.3) is 0 Å². The third-order valence-corrected chi connectivity index (χ3v) is 3.35. The lowest BCUT2D eigenvalue weighted by molar-refractivity contribution is -0.182. The van der Waals surface area contributed by atoms with Crippen LogP contribution in [0.4, 0.5) is 5.69 Å². The predicted molar refractivity (Wildman–Crippen MR) is 63.7 cm³/mol. The molecule has 1 saturated heterocycles. The van der Waals surface area contributed by atoms with Crippen molar-refractivity contribution in [2.75, 3.05) is 18.5 Å². The van der Waals surface area contributed by atoms with E-state index in [1.807, 2.05) is 0 Å². The molecule has 1 fully saturated rings. The number of carboxylic acids is 1. The quantitative estimate of drug-likeness (QED) is 0.829. The zero-order valence-electron chi connectivity index (χ0n) is 8.77. The predicted octanol–water partition coefficient (Wildman–Crippen LogP) is 1.49. The van der Waals surface area contributed by atoms with Crippen molar-refractivity contribution in [1.82, 2.24) is 0 Å². The third kappa shape index (κ3) is 2.05. The van der Waals surface area contributed by atoms with Gasteiger partial charge >= 0.3 is 5.97 Å². The number of benzene rings is 1. The van der Waals surface area contributed by atoms with Crippen molar-refractivity contribution in [2.45, 2.75) is 0 Å². The van der Waals surface area contributed by atoms with E-state index >= 15 is 0 Å². The van der Waals surface area contributed by atoms with Crippen molar-refractivity contribution < 1.29 is 19.4 Å². The van der Waals surface area contributed by atoms with E-state index in [-0.39, 0.29) is 13.2 Å². The Morgan fingerprint density at radius 1 is 1.35 bits per heavy atom. The standard InChI is InChI=1S/C11H10BrNO4/c12-7-3-1-2-4-8(7)13-9(14)11(10(15)16)5-17-6-11/h1-4H,5-6H2,(H,13,14)(H,15,16). The molecule has 2 N–H and O–H groups in total. The number of anilines is 1. The highest BCUT2D eigenvalue weighted by molar-refractivity contribution is 9.10. The van der Waals surface area contributed by atoms with E-state index in [1.54, 1.807) is 24.3 Å². The summed E-state index contributed by atoms with van der Waals surface area (Å²) in [6.45, 7) is -0.169. The molecule has 0 atom stereocenters. The van der Waals surface area contributed by atoms with Crippen LogP contribution >= 0.6 is 15.9 Å². The lowest BCUT2D eigenvalue weighted by Gasteiger charge is -2.35. The number of hydrogen-bond acceptors (Lipinski definition) is 3. The number of carbonyl (C=O) groups excluding carboxylic acids is 1. The molecule has 17 heavy (non-hydrogen) atoms. The van der Waals surface area contributed by atoms with Gasteiger partial charge in [-0.05, 0) is 28.1 Å². The number of amides is 1. The fourth-order valence-electron chi connectivity index (χ4n) is 1.46. The van der Waals surface area contributed by atoms with Crippen molar-refractivity contribution in [3.63, 3.8) is 0 Å². The second-order valence-electron chi connectivity index (χ2n) is 3.81. The highest BCUT2D eigenvalue weighted by atomic mass is 79.9. The van der Waals surface area contributed by atoms with Gasteiger partial charge in [0, 0.05) is 4.47 Å². The SMILES string of the molecule is O=C(O)C1(C(=O)Nc2ccccc2Br)COC1. The highest BCUT2D eigenvalue weighted by Crippen LogP contribution is 2.31. The van der Waals surface area contributed by atoms with E-state index < -0.39 is 17.3 Å². The molecule has 1 amide bonds. The maximum absolute atomic E-state index is 11.9. The molecule has 0 unspecified atom stereocenters. The fraction of sp³-hybridized carbons (Fsp3) is 0.273. The lowest BCUT2D eigenvalue weighted by atomic mass is 9.85. The largest absolute Gasteiger partial charge is 0.480 e. The molecule has 0 saturated carbocycles. The summed E-state index contributed by atoms with van der Waals surface area (Å²) in [6, 6.07) is 7.02. The minimum atomic E-state index is -1.45. The molecule has 2 rings (SSSR count). The summed E-state index contributed by atoms with van der Waals surface area (Å²) >= 11 is 3.28. The summed E-state index contributed by atoms with van der Waals surface area (Å²) in [5, 5.41) is 11.6. The maximum Gasteiger partial charge on any atom is 0.324 e. The van der Waals surface area contributed by atoms with Crippen molar-refractivity contribution >= 4 is 33.5 Å². The number of hydrogen-bond donors (Lipinski definition) is 2. The smallest absolute Gasteiger partial charge is 0.324 e. The van der Waals surface area contributed by atoms with Gasteiger partial charge < -0.3 is 15.2 Å². The molecule has 5 nitrogen and oxygen atoms in total. The van der Waals surface area contributed by atoms with E-state index in [1.165, 1.54) is 0 Å². The number of para-hydroxylation sites is 1. The van der Waals surface area contributed by atoms with Gasteiger partial charge in [0.1, 0.15) is 0 Å². The molecule has 0 bridgehead atoms. The van der Waals surface area contributed by atoms with Crippen LogP contribution in [0.5, 0.6) is 0 Å². The molecule has 6 heteroatoms. The van der Waals surface area contributed by atoms with Crippen molar-refractivity contribution in [3.05, 3.63) is 28.7 Å². The number of carbonyl (C=O) groups is 2. The molecular formula is C11H10BrNO4. The Balaban J connectivity index is 2.17. The Bertz CT molecular complexity index is 470. The van der Waals surface area contributed by atoms with Crippen molar-refractivity contribution in [2.24, 2.45) is 5.41 Å². The van der Waals surface area contributed by atoms with Gasteiger partial charge in [-0.2, -0.15) is 0 Å². The Morgan fingerprint density at radius 2 is 2.00 bits per heavy atom. The van der Waals surface area contributed by atoms with Crippen LogP contribution in [0.1, 0.15) is 0 Å². The number of carboxylic acid groups (broad SMARTS) is 1. The van der Waals surface area contributed by atoms with E-state index in [2.05, 4.69) is 21.2 Å². The molecule has 0 radical (unpaired) electrons. The second kappa shape index (κ2) is 4.46. The zero-order valence-corrected chi connectivity index (χ0v) is 10.4. The summed E-state index contributed by atoms with van der Waals surface area (Å²) in [4.78, 5) is 23.0. The zero-order chi connectivity index (χ0) is 12.5. The second-order valence-corrected chi connectivity index (χ2v) is 4.67. The summed E-state index contributed by atoms with van der Waals surface area (Å²) < 4.78 is 5.54. The molecule has 1 aromatic carbocycles. The maximum atomic E-state index is 11.9. The van der Waals surface area contributed by atoms with E-state index in [9.17, 15) is 9.59 Å². The number of ether oxygens (including phenoxy) is 1. The van der Waals surface area contributed by atoms with E-state index in [4.69, 9.17) is 9.84 Å². The molecule has 1 aliphatic heterocycles. The van der Waals surface area contributed by atoms with Gasteiger partial charge in [-0.25, -0.2) is 0 Å². The molecule has 0 aliphatic carbocycles. The Labute approximate surface area is 106 Å². The Kier molecular flexibility index (Phi) is 3.17. The number of halogens is 1. The van der Waals surface area contributed by atoms with Crippen LogP contribution < -0.4 is 5.32 Å². The summed E-state index contributed by atoms with van der Waals surface area (Å²) in [5.74, 6) is -1.71. The fourth-order valence-corrected chi connectivity index (χ4v) is 1.85. The van der Waals surface area contributed by atoms with Gasteiger partial charge in [0.05, 0.1) is 18.9 Å². The summed E-state index contributed by atoms with van der Waals surface area (Å²) in [6.07, 6.45) is 0. The van der Waals surface area contributed by atoms with E-state index in [0.717, 1.165) is 0 Å². The van der Waals surface area contributed by atoms with Crippen molar-refractivity contribution in [1.29, 1.82) is 0 Å². The molecule has 1 aromatic rings. The molecule has 90 valence electrons. The summed E-state index contributed by atoms with van der Waals surface area (Å²) in [5.41, 5.74) is -0.903. The van der Waals surface area contributed by atoms with Gasteiger partial charge in [0.25, 0.3) is 0 Å². The van der Waals surface area contributed by atoms with Crippen LogP contribution in [0.15, 0.2) is 28.7 Å². The first-order valence-electron chi connectivity index (χ1n) is 4.93. The topological polar surface area (TPSA) is 75.6 Å². The minimum absolute atomic E-state index is 0.0847. The minimum Gasteiger partial charge on any atom is -0.480 e. The molecule has 1 heterocycles. The van der Waals surface area contributed by atoms with Crippen LogP contribution in [-0.2, 0) is 14.3 Å². The first kappa shape index (κ1) is 12.1. The van der Waals surface area contributed by atoms with Crippen LogP contribution in [0, 0.1) is 5.41 Å². The van der Waals surface area contributed by atoms with Gasteiger partial charge in [-0.3, -0.25) is 9.59 Å². The van der Waals surface area contributed by atoms with Crippen LogP contribution in [0.2, 0.25) is 0 Å². The lowest BCUT2D eigenvalue weighted by Crippen LogP contribution is -2.57. The monoisotopic (exact) mass is 299 g/mol. The van der Waals surface area contributed by atoms with Crippen LogP contribution in [-0.4, -0.2) is 30.2 Å². The Hall–Kier alpha value is -1.40. The highest BCUT2D eigenvalue weighted by Gasteiger charge is 2.53.